The van der Waals surface area contributed by atoms with Gasteiger partial charge >= 0.3 is 0 Å². The normalized spacial score (nSPS) is 9.67. The average Bonchev–Trinajstić information content (AvgIpc) is 2.53. The van der Waals surface area contributed by atoms with Crippen LogP contribution in [0.25, 0.3) is 0 Å². The van der Waals surface area contributed by atoms with Crippen LogP contribution in [0.2, 0.25) is 0 Å². The van der Waals surface area contributed by atoms with Gasteiger partial charge in [-0.15, -0.1) is 0 Å². The summed E-state index contributed by atoms with van der Waals surface area (Å²) in [7, 11) is 1.59. The molecule has 106 valence electrons. The molecule has 0 radical (unpaired) electrons. The maximum atomic E-state index is 13.9. The second-order valence-corrected chi connectivity index (χ2v) is 4.35. The Hall–Kier alpha value is -2.64. The molecule has 3 nitrogen and oxygen atoms in total. The topological polar surface area (TPSA) is 40.5 Å². The summed E-state index contributed by atoms with van der Waals surface area (Å²) in [6.07, 6.45) is 0. The van der Waals surface area contributed by atoms with Crippen molar-refractivity contribution >= 4 is 11.6 Å². The number of halogens is 1. The highest BCUT2D eigenvalue weighted by molar-refractivity contribution is 6.06. The highest BCUT2D eigenvalue weighted by Crippen LogP contribution is 2.17. The maximum Gasteiger partial charge on any atom is 0.261 e. The third-order valence-corrected chi connectivity index (χ3v) is 2.96. The number of amides is 1. The van der Waals surface area contributed by atoms with Gasteiger partial charge in [0.05, 0.1) is 5.56 Å². The average molecular weight is 283 g/mol. The Labute approximate surface area is 122 Å². The lowest BCUT2D eigenvalue weighted by Gasteiger charge is -2.17. The van der Waals surface area contributed by atoms with E-state index in [9.17, 15) is 9.18 Å². The summed E-state index contributed by atoms with van der Waals surface area (Å²) in [6.45, 7) is -0.287. The van der Waals surface area contributed by atoms with Gasteiger partial charge in [-0.25, -0.2) is 4.39 Å². The molecule has 0 fully saturated rings. The van der Waals surface area contributed by atoms with E-state index >= 15 is 0 Å². The largest absolute Gasteiger partial charge is 0.384 e. The molecular weight excluding hydrogens is 269 g/mol. The molecule has 0 heterocycles. The molecule has 0 atom stereocenters. The number of nitrogens with zero attached hydrogens (tertiary/aromatic N) is 1. The van der Waals surface area contributed by atoms with Crippen LogP contribution in [0.1, 0.15) is 15.9 Å². The van der Waals surface area contributed by atoms with Gasteiger partial charge in [-0.05, 0) is 30.3 Å². The molecule has 0 saturated carbocycles. The summed E-state index contributed by atoms with van der Waals surface area (Å²) < 4.78 is 13.9. The van der Waals surface area contributed by atoms with Crippen LogP contribution < -0.4 is 4.90 Å². The third kappa shape index (κ3) is 3.47. The molecule has 1 amide bonds. The molecule has 0 aliphatic heterocycles. The van der Waals surface area contributed by atoms with Gasteiger partial charge in [0.15, 0.2) is 0 Å². The van der Waals surface area contributed by atoms with E-state index in [1.54, 1.807) is 31.3 Å². The second kappa shape index (κ2) is 6.69. The Morgan fingerprint density at radius 2 is 1.95 bits per heavy atom. The first-order valence-electron chi connectivity index (χ1n) is 6.36. The fourth-order valence-electron chi connectivity index (χ4n) is 1.86. The molecule has 1 N–H and O–H groups in total. The van der Waals surface area contributed by atoms with Crippen LogP contribution in [0.15, 0.2) is 48.5 Å². The van der Waals surface area contributed by atoms with E-state index in [2.05, 4.69) is 11.8 Å². The van der Waals surface area contributed by atoms with E-state index in [1.807, 2.05) is 6.07 Å². The Bertz CT molecular complexity index is 702. The number of carbonyl (C=O) groups excluding carboxylic acids is 1. The molecule has 21 heavy (non-hydrogen) atoms. The molecule has 0 aliphatic rings. The van der Waals surface area contributed by atoms with E-state index in [1.165, 1.54) is 23.1 Å². The number of hydrogen-bond acceptors (Lipinski definition) is 2. The molecule has 2 rings (SSSR count). The monoisotopic (exact) mass is 283 g/mol. The summed E-state index contributed by atoms with van der Waals surface area (Å²) in [5, 5.41) is 8.67. The SMILES string of the molecule is CN(C(=O)c1cc(C#CCO)ccc1F)c1ccccc1. The molecule has 2 aromatic carbocycles. The minimum absolute atomic E-state index is 0.0499. The summed E-state index contributed by atoms with van der Waals surface area (Å²) >= 11 is 0. The Kier molecular flexibility index (Phi) is 4.70. The molecule has 0 aliphatic carbocycles. The van der Waals surface area contributed by atoms with Crippen molar-refractivity contribution in [1.82, 2.24) is 0 Å². The van der Waals surface area contributed by atoms with Crippen LogP contribution >= 0.6 is 0 Å². The van der Waals surface area contributed by atoms with Crippen molar-refractivity contribution in [2.75, 3.05) is 18.6 Å². The molecule has 4 heteroatoms. The zero-order chi connectivity index (χ0) is 15.2. The van der Waals surface area contributed by atoms with Crippen molar-refractivity contribution in [1.29, 1.82) is 0 Å². The van der Waals surface area contributed by atoms with E-state index in [4.69, 9.17) is 5.11 Å². The zero-order valence-corrected chi connectivity index (χ0v) is 11.5. The third-order valence-electron chi connectivity index (χ3n) is 2.96. The smallest absolute Gasteiger partial charge is 0.261 e. The lowest BCUT2D eigenvalue weighted by atomic mass is 10.1. The van der Waals surface area contributed by atoms with Gasteiger partial charge in [-0.1, -0.05) is 30.0 Å². The summed E-state index contributed by atoms with van der Waals surface area (Å²) in [5.74, 6) is 4.08. The van der Waals surface area contributed by atoms with Crippen molar-refractivity contribution in [3.8, 4) is 11.8 Å². The standard InChI is InChI=1S/C17H14FNO2/c1-19(14-7-3-2-4-8-14)17(21)15-12-13(6-5-11-20)9-10-16(15)18/h2-4,7-10,12,20H,11H2,1H3. The highest BCUT2D eigenvalue weighted by atomic mass is 19.1. The maximum absolute atomic E-state index is 13.9. The predicted octanol–water partition coefficient (Wildman–Crippen LogP) is 2.45. The number of hydrogen-bond donors (Lipinski definition) is 1. The molecule has 0 saturated heterocycles. The summed E-state index contributed by atoms with van der Waals surface area (Å²) in [4.78, 5) is 13.8. The first kappa shape index (κ1) is 14.8. The Morgan fingerprint density at radius 3 is 2.62 bits per heavy atom. The van der Waals surface area contributed by atoms with Gasteiger partial charge in [-0.3, -0.25) is 4.79 Å². The van der Waals surface area contributed by atoms with Crippen LogP contribution in [-0.4, -0.2) is 24.7 Å². The van der Waals surface area contributed by atoms with Gasteiger partial charge in [0.1, 0.15) is 12.4 Å². The Balaban J connectivity index is 2.34. The number of rotatable bonds is 2. The van der Waals surface area contributed by atoms with Crippen LogP contribution in [-0.2, 0) is 0 Å². The van der Waals surface area contributed by atoms with Crippen molar-refractivity contribution in [3.63, 3.8) is 0 Å². The van der Waals surface area contributed by atoms with Gasteiger partial charge in [-0.2, -0.15) is 0 Å². The number of aliphatic hydroxyl groups excluding tert-OH is 1. The number of para-hydroxylation sites is 1. The van der Waals surface area contributed by atoms with Gasteiger partial charge in [0.2, 0.25) is 0 Å². The van der Waals surface area contributed by atoms with Crippen LogP contribution in [0, 0.1) is 17.7 Å². The summed E-state index contributed by atoms with van der Waals surface area (Å²) in [6, 6.07) is 13.0. The lowest BCUT2D eigenvalue weighted by molar-refractivity contribution is 0.0989. The van der Waals surface area contributed by atoms with Gasteiger partial charge in [0, 0.05) is 18.3 Å². The molecular formula is C17H14FNO2. The van der Waals surface area contributed by atoms with E-state index < -0.39 is 11.7 Å². The number of anilines is 1. The zero-order valence-electron chi connectivity index (χ0n) is 11.5. The van der Waals surface area contributed by atoms with E-state index in [0.717, 1.165) is 0 Å². The summed E-state index contributed by atoms with van der Waals surface area (Å²) in [5.41, 5.74) is 1.11. The van der Waals surface area contributed by atoms with Crippen LogP contribution in [0.4, 0.5) is 10.1 Å². The number of aliphatic hydroxyl groups is 1. The predicted molar refractivity (Wildman–Crippen MR) is 79.5 cm³/mol. The molecule has 0 spiro atoms. The minimum atomic E-state index is -0.600. The lowest BCUT2D eigenvalue weighted by Crippen LogP contribution is -2.27. The first-order chi connectivity index (χ1) is 10.1. The van der Waals surface area contributed by atoms with E-state index in [-0.39, 0.29) is 12.2 Å². The van der Waals surface area contributed by atoms with Gasteiger partial charge in [0.25, 0.3) is 5.91 Å². The molecule has 0 unspecified atom stereocenters. The fourth-order valence-corrected chi connectivity index (χ4v) is 1.86. The molecule has 0 aromatic heterocycles. The molecule has 2 aromatic rings. The van der Waals surface area contributed by atoms with Crippen molar-refractivity contribution in [2.45, 2.75) is 0 Å². The quantitative estimate of drug-likeness (QED) is 0.860. The number of carbonyl (C=O) groups is 1. The van der Waals surface area contributed by atoms with Crippen molar-refractivity contribution in [3.05, 3.63) is 65.5 Å². The van der Waals surface area contributed by atoms with Crippen molar-refractivity contribution in [2.24, 2.45) is 0 Å². The Morgan fingerprint density at radius 1 is 1.24 bits per heavy atom. The van der Waals surface area contributed by atoms with E-state index in [0.29, 0.717) is 11.3 Å². The van der Waals surface area contributed by atoms with Crippen LogP contribution in [0.3, 0.4) is 0 Å². The van der Waals surface area contributed by atoms with Crippen LogP contribution in [0.5, 0.6) is 0 Å². The second-order valence-electron chi connectivity index (χ2n) is 4.35. The number of benzene rings is 2. The minimum Gasteiger partial charge on any atom is -0.384 e. The fraction of sp³-hybridized carbons (Fsp3) is 0.118. The van der Waals surface area contributed by atoms with Crippen molar-refractivity contribution < 1.29 is 14.3 Å². The highest BCUT2D eigenvalue weighted by Gasteiger charge is 2.17. The van der Waals surface area contributed by atoms with Gasteiger partial charge < -0.3 is 10.0 Å². The first-order valence-corrected chi connectivity index (χ1v) is 6.36. The molecule has 0 bridgehead atoms.